The number of hydrogen-bond acceptors (Lipinski definition) is 3. The number of benzene rings is 1. The van der Waals surface area contributed by atoms with Crippen LogP contribution >= 0.6 is 0 Å². The molecule has 132 valence electrons. The van der Waals surface area contributed by atoms with Gasteiger partial charge in [0.15, 0.2) is 0 Å². The fourth-order valence-corrected chi connectivity index (χ4v) is 2.99. The summed E-state index contributed by atoms with van der Waals surface area (Å²) in [4.78, 5) is 4.41. The first-order chi connectivity index (χ1) is 13.1. The van der Waals surface area contributed by atoms with E-state index in [2.05, 4.69) is 39.2 Å². The molecule has 0 saturated carbocycles. The fourth-order valence-electron chi connectivity index (χ4n) is 2.99. The van der Waals surface area contributed by atoms with Crippen LogP contribution < -0.4 is 0 Å². The van der Waals surface area contributed by atoms with Crippen LogP contribution in [0, 0.1) is 18.8 Å². The minimum Gasteiger partial charge on any atom is -0.274 e. The molecule has 5 nitrogen and oxygen atoms in total. The predicted octanol–water partition coefficient (Wildman–Crippen LogP) is 3.59. The molecule has 0 fully saturated rings. The first-order valence-corrected chi connectivity index (χ1v) is 8.68. The maximum absolute atomic E-state index is 4.64. The van der Waals surface area contributed by atoms with E-state index in [-0.39, 0.29) is 0 Å². The molecule has 0 atom stereocenters. The zero-order valence-electron chi connectivity index (χ0n) is 15.5. The van der Waals surface area contributed by atoms with Crippen LogP contribution in [0.1, 0.15) is 17.0 Å². The fraction of sp³-hybridized carbons (Fsp3) is 0.136. The molecule has 4 aromatic rings. The molecule has 5 heteroatoms. The van der Waals surface area contributed by atoms with Gasteiger partial charge in [-0.1, -0.05) is 24.1 Å². The number of aromatic nitrogens is 5. The molecule has 3 aromatic heterocycles. The normalized spacial score (nSPS) is 10.5. The highest BCUT2D eigenvalue weighted by atomic mass is 15.3. The van der Waals surface area contributed by atoms with Crippen molar-refractivity contribution in [2.75, 3.05) is 0 Å². The molecule has 1 aromatic carbocycles. The highest BCUT2D eigenvalue weighted by molar-refractivity contribution is 5.79. The number of hydrogen-bond donors (Lipinski definition) is 0. The van der Waals surface area contributed by atoms with E-state index in [1.54, 1.807) is 6.20 Å². The van der Waals surface area contributed by atoms with Crippen LogP contribution in [0.15, 0.2) is 60.9 Å². The van der Waals surface area contributed by atoms with Crippen molar-refractivity contribution in [3.63, 3.8) is 0 Å². The summed E-state index contributed by atoms with van der Waals surface area (Å²) in [5, 5.41) is 8.91. The van der Waals surface area contributed by atoms with Gasteiger partial charge < -0.3 is 0 Å². The van der Waals surface area contributed by atoms with Crippen molar-refractivity contribution in [1.82, 2.24) is 24.5 Å². The van der Waals surface area contributed by atoms with E-state index < -0.39 is 0 Å². The lowest BCUT2D eigenvalue weighted by Crippen LogP contribution is -1.93. The average Bonchev–Trinajstić information content (AvgIpc) is 3.25. The summed E-state index contributed by atoms with van der Waals surface area (Å²) in [5.41, 5.74) is 6.76. The molecule has 0 N–H and O–H groups in total. The average molecular weight is 353 g/mol. The smallest absolute Gasteiger partial charge is 0.113 e. The van der Waals surface area contributed by atoms with Gasteiger partial charge in [0.1, 0.15) is 11.4 Å². The Balaban J connectivity index is 1.65. The predicted molar refractivity (Wildman–Crippen MR) is 106 cm³/mol. The summed E-state index contributed by atoms with van der Waals surface area (Å²) in [6, 6.07) is 16.0. The summed E-state index contributed by atoms with van der Waals surface area (Å²) >= 11 is 0. The summed E-state index contributed by atoms with van der Waals surface area (Å²) in [5.74, 6) is 6.28. The Labute approximate surface area is 158 Å². The van der Waals surface area contributed by atoms with Crippen LogP contribution in [0.25, 0.3) is 22.5 Å². The van der Waals surface area contributed by atoms with Gasteiger partial charge in [-0.05, 0) is 43.2 Å². The topological polar surface area (TPSA) is 48.5 Å². The molecule has 0 aliphatic rings. The minimum atomic E-state index is 0.780. The van der Waals surface area contributed by atoms with Crippen molar-refractivity contribution in [2.24, 2.45) is 14.1 Å². The lowest BCUT2D eigenvalue weighted by Gasteiger charge is -2.03. The second-order valence-corrected chi connectivity index (χ2v) is 6.40. The standard InChI is InChI=1S/C22H19N5/c1-16-5-4-6-19(24-16)12-9-17-7-10-18(11-8-17)22-20(15-26(2)25-22)21-13-14-23-27(21)3/h4-8,10-11,13-15H,1-3H3. The largest absolute Gasteiger partial charge is 0.274 e. The van der Waals surface area contributed by atoms with Crippen LogP contribution in [0.5, 0.6) is 0 Å². The van der Waals surface area contributed by atoms with Crippen LogP contribution in [-0.2, 0) is 14.1 Å². The molecule has 0 aliphatic heterocycles. The molecule has 3 heterocycles. The second kappa shape index (κ2) is 6.93. The summed E-state index contributed by atoms with van der Waals surface area (Å²) < 4.78 is 3.68. The first kappa shape index (κ1) is 16.8. The number of rotatable bonds is 2. The van der Waals surface area contributed by atoms with Crippen molar-refractivity contribution >= 4 is 0 Å². The van der Waals surface area contributed by atoms with E-state index in [1.165, 1.54) is 0 Å². The molecule has 0 spiro atoms. The quantitative estimate of drug-likeness (QED) is 0.518. The van der Waals surface area contributed by atoms with Crippen LogP contribution in [0.2, 0.25) is 0 Å². The van der Waals surface area contributed by atoms with Crippen molar-refractivity contribution in [1.29, 1.82) is 0 Å². The zero-order chi connectivity index (χ0) is 18.8. The Morgan fingerprint density at radius 1 is 0.926 bits per heavy atom. The van der Waals surface area contributed by atoms with Gasteiger partial charge in [-0.3, -0.25) is 9.36 Å². The Morgan fingerprint density at radius 2 is 1.74 bits per heavy atom. The van der Waals surface area contributed by atoms with Gasteiger partial charge in [0.05, 0.1) is 5.69 Å². The second-order valence-electron chi connectivity index (χ2n) is 6.40. The molecule has 0 amide bonds. The maximum Gasteiger partial charge on any atom is 0.113 e. The molecule has 4 rings (SSSR count). The van der Waals surface area contributed by atoms with Crippen LogP contribution in [0.4, 0.5) is 0 Å². The van der Waals surface area contributed by atoms with Gasteiger partial charge >= 0.3 is 0 Å². The summed E-state index contributed by atoms with van der Waals surface area (Å²) in [6.45, 7) is 1.96. The highest BCUT2D eigenvalue weighted by Crippen LogP contribution is 2.30. The van der Waals surface area contributed by atoms with Gasteiger partial charge in [0.2, 0.25) is 0 Å². The third-order valence-corrected chi connectivity index (χ3v) is 4.31. The summed E-state index contributed by atoms with van der Waals surface area (Å²) in [6.07, 6.45) is 3.81. The molecular formula is C22H19N5. The summed E-state index contributed by atoms with van der Waals surface area (Å²) in [7, 11) is 3.86. The van der Waals surface area contributed by atoms with Gasteiger partial charge in [-0.25, -0.2) is 4.98 Å². The monoisotopic (exact) mass is 353 g/mol. The van der Waals surface area contributed by atoms with E-state index in [0.717, 1.165) is 39.5 Å². The first-order valence-electron chi connectivity index (χ1n) is 8.68. The maximum atomic E-state index is 4.64. The zero-order valence-corrected chi connectivity index (χ0v) is 15.5. The number of pyridine rings is 1. The highest BCUT2D eigenvalue weighted by Gasteiger charge is 2.14. The van der Waals surface area contributed by atoms with E-state index in [0.29, 0.717) is 0 Å². The molecule has 0 unspecified atom stereocenters. The van der Waals surface area contributed by atoms with Crippen molar-refractivity contribution < 1.29 is 0 Å². The SMILES string of the molecule is Cc1cccc(C#Cc2ccc(-c3nn(C)cc3-c3ccnn3C)cc2)n1. The molecule has 0 radical (unpaired) electrons. The Morgan fingerprint density at radius 3 is 2.44 bits per heavy atom. The third-order valence-electron chi connectivity index (χ3n) is 4.31. The Bertz CT molecular complexity index is 1150. The lowest BCUT2D eigenvalue weighted by atomic mass is 10.0. The molecule has 0 aliphatic carbocycles. The molecule has 27 heavy (non-hydrogen) atoms. The number of nitrogens with zero attached hydrogens (tertiary/aromatic N) is 5. The Kier molecular flexibility index (Phi) is 4.31. The number of aryl methyl sites for hydroxylation is 3. The van der Waals surface area contributed by atoms with Crippen molar-refractivity contribution in [2.45, 2.75) is 6.92 Å². The molecule has 0 saturated heterocycles. The van der Waals surface area contributed by atoms with Crippen molar-refractivity contribution in [3.05, 3.63) is 77.9 Å². The Hall–Kier alpha value is -3.65. The minimum absolute atomic E-state index is 0.780. The van der Waals surface area contributed by atoms with Crippen LogP contribution in [0.3, 0.4) is 0 Å². The lowest BCUT2D eigenvalue weighted by molar-refractivity contribution is 0.767. The van der Waals surface area contributed by atoms with Gasteiger partial charge in [0.25, 0.3) is 0 Å². The van der Waals surface area contributed by atoms with E-state index in [1.807, 2.05) is 73.0 Å². The van der Waals surface area contributed by atoms with E-state index in [4.69, 9.17) is 0 Å². The van der Waals surface area contributed by atoms with Crippen LogP contribution in [-0.4, -0.2) is 24.5 Å². The van der Waals surface area contributed by atoms with Gasteiger partial charge in [-0.15, -0.1) is 0 Å². The van der Waals surface area contributed by atoms with Gasteiger partial charge in [-0.2, -0.15) is 10.2 Å². The molecule has 0 bridgehead atoms. The van der Waals surface area contributed by atoms with Crippen molar-refractivity contribution in [3.8, 4) is 34.4 Å². The third kappa shape index (κ3) is 3.51. The van der Waals surface area contributed by atoms with E-state index >= 15 is 0 Å². The van der Waals surface area contributed by atoms with E-state index in [9.17, 15) is 0 Å². The van der Waals surface area contributed by atoms with Gasteiger partial charge in [0, 0.05) is 48.9 Å². The molecular weight excluding hydrogens is 334 g/mol.